The lowest BCUT2D eigenvalue weighted by atomic mass is 10.1. The van der Waals surface area contributed by atoms with E-state index in [0.717, 1.165) is 24.7 Å². The zero-order chi connectivity index (χ0) is 8.69. The van der Waals surface area contributed by atoms with Crippen molar-refractivity contribution in [3.05, 3.63) is 0 Å². The van der Waals surface area contributed by atoms with E-state index in [1.807, 2.05) is 0 Å². The summed E-state index contributed by atoms with van der Waals surface area (Å²) >= 11 is 0. The molecule has 0 aliphatic carbocycles. The van der Waals surface area contributed by atoms with E-state index in [9.17, 15) is 0 Å². The zero-order valence-corrected chi connectivity index (χ0v) is 8.28. The van der Waals surface area contributed by atoms with Crippen molar-refractivity contribution in [2.45, 2.75) is 47.0 Å². The summed E-state index contributed by atoms with van der Waals surface area (Å²) in [6.07, 6.45) is 3.37. The van der Waals surface area contributed by atoms with E-state index in [0.29, 0.717) is 0 Å². The molecule has 0 heterocycles. The highest BCUT2D eigenvalue weighted by atomic mass is 14.0. The highest BCUT2D eigenvalue weighted by molar-refractivity contribution is 4.99. The summed E-state index contributed by atoms with van der Waals surface area (Å²) in [6.45, 7) is 8.88. The first-order valence-electron chi connectivity index (χ1n) is 4.62. The van der Waals surface area contributed by atoms with Crippen molar-refractivity contribution in [2.24, 2.45) is 11.8 Å². The van der Waals surface area contributed by atoms with Gasteiger partial charge in [-0.05, 0) is 11.8 Å². The van der Waals surface area contributed by atoms with E-state index in [1.165, 1.54) is 6.42 Å². The molecule has 0 heteroatoms. The van der Waals surface area contributed by atoms with Crippen molar-refractivity contribution in [2.75, 3.05) is 0 Å². The van der Waals surface area contributed by atoms with E-state index >= 15 is 0 Å². The molecule has 11 heavy (non-hydrogen) atoms. The number of hydrogen-bond donors (Lipinski definition) is 0. The second-order valence-corrected chi connectivity index (χ2v) is 3.67. The third kappa shape index (κ3) is 7.46. The molecule has 0 aliphatic heterocycles. The lowest BCUT2D eigenvalue weighted by molar-refractivity contribution is 0.579. The summed E-state index contributed by atoms with van der Waals surface area (Å²) in [5.41, 5.74) is 0. The summed E-state index contributed by atoms with van der Waals surface area (Å²) < 4.78 is 0. The van der Waals surface area contributed by atoms with Gasteiger partial charge in [-0.3, -0.25) is 0 Å². The smallest absolute Gasteiger partial charge is 0.0114 e. The average Bonchev–Trinajstić information content (AvgIpc) is 1.97. The molecule has 0 aromatic heterocycles. The van der Waals surface area contributed by atoms with Crippen LogP contribution in [-0.4, -0.2) is 0 Å². The van der Waals surface area contributed by atoms with Gasteiger partial charge in [0.25, 0.3) is 0 Å². The largest absolute Gasteiger partial charge is 0.103 e. The quantitative estimate of drug-likeness (QED) is 0.543. The van der Waals surface area contributed by atoms with Crippen molar-refractivity contribution in [1.29, 1.82) is 0 Å². The van der Waals surface area contributed by atoms with Gasteiger partial charge in [0.15, 0.2) is 0 Å². The predicted molar refractivity (Wildman–Crippen MR) is 51.3 cm³/mol. The van der Waals surface area contributed by atoms with Gasteiger partial charge in [-0.1, -0.05) is 34.1 Å². The Hall–Kier alpha value is -0.440. The Morgan fingerprint density at radius 1 is 1.00 bits per heavy atom. The fourth-order valence-corrected chi connectivity index (χ4v) is 0.667. The Kier molecular flexibility index (Phi) is 6.03. The SMILES string of the molecule is CCC(C)CC#CCC(C)C. The van der Waals surface area contributed by atoms with Crippen molar-refractivity contribution in [1.82, 2.24) is 0 Å². The summed E-state index contributed by atoms with van der Waals surface area (Å²) in [4.78, 5) is 0. The minimum Gasteiger partial charge on any atom is -0.103 e. The summed E-state index contributed by atoms with van der Waals surface area (Å²) in [7, 11) is 0. The molecule has 0 radical (unpaired) electrons. The standard InChI is InChI=1S/C11H20/c1-5-11(4)9-7-6-8-10(2)3/h10-11H,5,8-9H2,1-4H3. The molecule has 0 bridgehead atoms. The van der Waals surface area contributed by atoms with Gasteiger partial charge in [0.1, 0.15) is 0 Å². The van der Waals surface area contributed by atoms with E-state index in [-0.39, 0.29) is 0 Å². The Morgan fingerprint density at radius 3 is 2.00 bits per heavy atom. The molecule has 0 N–H and O–H groups in total. The molecule has 0 aromatic carbocycles. The Morgan fingerprint density at radius 2 is 1.55 bits per heavy atom. The van der Waals surface area contributed by atoms with Crippen LogP contribution in [0.1, 0.15) is 47.0 Å². The first-order valence-corrected chi connectivity index (χ1v) is 4.62. The topological polar surface area (TPSA) is 0 Å². The molecule has 1 unspecified atom stereocenters. The second-order valence-electron chi connectivity index (χ2n) is 3.67. The molecule has 64 valence electrons. The highest BCUT2D eigenvalue weighted by Gasteiger charge is 1.93. The van der Waals surface area contributed by atoms with Crippen LogP contribution in [0.5, 0.6) is 0 Å². The fraction of sp³-hybridized carbons (Fsp3) is 0.818. The van der Waals surface area contributed by atoms with Crippen LogP contribution in [0.25, 0.3) is 0 Å². The van der Waals surface area contributed by atoms with Crippen LogP contribution in [0.3, 0.4) is 0 Å². The van der Waals surface area contributed by atoms with Crippen LogP contribution in [0, 0.1) is 23.7 Å². The molecule has 1 atom stereocenters. The van der Waals surface area contributed by atoms with E-state index < -0.39 is 0 Å². The monoisotopic (exact) mass is 152 g/mol. The van der Waals surface area contributed by atoms with Crippen LogP contribution < -0.4 is 0 Å². The molecular formula is C11H20. The minimum absolute atomic E-state index is 0.722. The van der Waals surface area contributed by atoms with Crippen LogP contribution in [0.15, 0.2) is 0 Å². The first-order chi connectivity index (χ1) is 5.16. The predicted octanol–water partition coefficient (Wildman–Crippen LogP) is 3.47. The van der Waals surface area contributed by atoms with Gasteiger partial charge in [0.2, 0.25) is 0 Å². The molecule has 0 saturated carbocycles. The fourth-order valence-electron chi connectivity index (χ4n) is 0.667. The zero-order valence-electron chi connectivity index (χ0n) is 8.28. The van der Waals surface area contributed by atoms with Gasteiger partial charge in [-0.25, -0.2) is 0 Å². The molecule has 0 aromatic rings. The number of rotatable bonds is 3. The summed E-state index contributed by atoms with van der Waals surface area (Å²) in [6, 6.07) is 0. The van der Waals surface area contributed by atoms with Gasteiger partial charge in [-0.2, -0.15) is 0 Å². The maximum Gasteiger partial charge on any atom is 0.0114 e. The van der Waals surface area contributed by atoms with Gasteiger partial charge >= 0.3 is 0 Å². The molecular weight excluding hydrogens is 132 g/mol. The van der Waals surface area contributed by atoms with Crippen molar-refractivity contribution >= 4 is 0 Å². The Balaban J connectivity index is 3.40. The van der Waals surface area contributed by atoms with E-state index in [1.54, 1.807) is 0 Å². The molecule has 0 amide bonds. The molecule has 0 nitrogen and oxygen atoms in total. The summed E-state index contributed by atoms with van der Waals surface area (Å²) in [5.74, 6) is 7.91. The lowest BCUT2D eigenvalue weighted by Gasteiger charge is -2.00. The van der Waals surface area contributed by atoms with Crippen LogP contribution in [-0.2, 0) is 0 Å². The first kappa shape index (κ1) is 10.6. The molecule has 0 rings (SSSR count). The highest BCUT2D eigenvalue weighted by Crippen LogP contribution is 2.04. The van der Waals surface area contributed by atoms with Crippen molar-refractivity contribution in [3.8, 4) is 11.8 Å². The minimum atomic E-state index is 0.722. The Labute approximate surface area is 71.4 Å². The number of hydrogen-bond acceptors (Lipinski definition) is 0. The molecule has 0 aliphatic rings. The van der Waals surface area contributed by atoms with Crippen molar-refractivity contribution in [3.63, 3.8) is 0 Å². The maximum atomic E-state index is 3.22. The summed E-state index contributed by atoms with van der Waals surface area (Å²) in [5, 5.41) is 0. The second kappa shape index (κ2) is 6.28. The molecule has 0 spiro atoms. The third-order valence-electron chi connectivity index (χ3n) is 1.78. The van der Waals surface area contributed by atoms with Crippen LogP contribution >= 0.6 is 0 Å². The van der Waals surface area contributed by atoms with E-state index in [2.05, 4.69) is 39.5 Å². The lowest BCUT2D eigenvalue weighted by Crippen LogP contribution is -1.88. The van der Waals surface area contributed by atoms with Gasteiger partial charge < -0.3 is 0 Å². The normalized spacial score (nSPS) is 12.5. The molecule has 0 saturated heterocycles. The van der Waals surface area contributed by atoms with Gasteiger partial charge in [-0.15, -0.1) is 11.8 Å². The Bertz CT molecular complexity index is 134. The van der Waals surface area contributed by atoms with Crippen LogP contribution in [0.2, 0.25) is 0 Å². The van der Waals surface area contributed by atoms with Crippen LogP contribution in [0.4, 0.5) is 0 Å². The van der Waals surface area contributed by atoms with Gasteiger partial charge in [0, 0.05) is 12.8 Å². The van der Waals surface area contributed by atoms with Gasteiger partial charge in [0.05, 0.1) is 0 Å². The molecule has 0 fully saturated rings. The third-order valence-corrected chi connectivity index (χ3v) is 1.78. The maximum absolute atomic E-state index is 3.22. The average molecular weight is 152 g/mol. The van der Waals surface area contributed by atoms with Crippen molar-refractivity contribution < 1.29 is 0 Å². The van der Waals surface area contributed by atoms with E-state index in [4.69, 9.17) is 0 Å².